The first-order valence-corrected chi connectivity index (χ1v) is 10.2. The first-order chi connectivity index (χ1) is 10.6. The van der Waals surface area contributed by atoms with Crippen LogP contribution in [0.1, 0.15) is 76.0 Å². The summed E-state index contributed by atoms with van der Waals surface area (Å²) in [4.78, 5) is 0.117. The topological polar surface area (TPSA) is 54.4 Å². The molecule has 1 saturated carbocycles. The molecule has 0 spiro atoms. The number of hydrogen-bond acceptors (Lipinski definition) is 2. The van der Waals surface area contributed by atoms with E-state index in [4.69, 9.17) is 0 Å². The highest BCUT2D eigenvalue weighted by Crippen LogP contribution is 2.52. The van der Waals surface area contributed by atoms with Gasteiger partial charge in [-0.25, -0.2) is 0 Å². The van der Waals surface area contributed by atoms with Gasteiger partial charge >= 0.3 is 0 Å². The van der Waals surface area contributed by atoms with Crippen LogP contribution in [0.5, 0.6) is 0 Å². The Labute approximate surface area is 140 Å². The lowest BCUT2D eigenvalue weighted by atomic mass is 9.55. The Hall–Kier alpha value is -0.870. The van der Waals surface area contributed by atoms with Gasteiger partial charge in [0, 0.05) is 0 Å². The van der Waals surface area contributed by atoms with E-state index in [2.05, 4.69) is 13.8 Å². The van der Waals surface area contributed by atoms with E-state index in [1.807, 2.05) is 19.9 Å². The van der Waals surface area contributed by atoms with Gasteiger partial charge < -0.3 is 0 Å². The van der Waals surface area contributed by atoms with Crippen molar-refractivity contribution in [3.63, 3.8) is 0 Å². The SMILES string of the molecule is CC(C)c1cc2c(cc1S(=O)(=O)O)[C@@]1(C)CCC[C@H](C)C1CC2. The summed E-state index contributed by atoms with van der Waals surface area (Å²) in [5, 5.41) is 0. The number of hydrogen-bond donors (Lipinski definition) is 1. The summed E-state index contributed by atoms with van der Waals surface area (Å²) in [6.07, 6.45) is 5.78. The van der Waals surface area contributed by atoms with Gasteiger partial charge in [0.25, 0.3) is 10.1 Å². The zero-order chi connectivity index (χ0) is 17.0. The summed E-state index contributed by atoms with van der Waals surface area (Å²) in [5.74, 6) is 1.37. The van der Waals surface area contributed by atoms with Gasteiger partial charge in [0.05, 0.1) is 4.90 Å². The van der Waals surface area contributed by atoms with Crippen LogP contribution in [0.2, 0.25) is 0 Å². The third-order valence-corrected chi connectivity index (χ3v) is 7.25. The van der Waals surface area contributed by atoms with Gasteiger partial charge in [0.15, 0.2) is 0 Å². The predicted octanol–water partition coefficient (Wildman–Crippen LogP) is 4.70. The molecule has 2 aliphatic rings. The van der Waals surface area contributed by atoms with E-state index in [1.165, 1.54) is 24.8 Å². The third kappa shape index (κ3) is 2.74. The molecule has 0 heterocycles. The van der Waals surface area contributed by atoms with Crippen molar-refractivity contribution in [2.45, 2.75) is 76.0 Å². The van der Waals surface area contributed by atoms with E-state index in [1.54, 1.807) is 6.07 Å². The Morgan fingerprint density at radius 1 is 1.26 bits per heavy atom. The van der Waals surface area contributed by atoms with Gasteiger partial charge in [-0.05, 0) is 65.2 Å². The Kier molecular flexibility index (Phi) is 4.13. The molecule has 1 aromatic carbocycles. The highest BCUT2D eigenvalue weighted by atomic mass is 32.2. The largest absolute Gasteiger partial charge is 0.294 e. The van der Waals surface area contributed by atoms with Crippen molar-refractivity contribution in [1.29, 1.82) is 0 Å². The lowest BCUT2D eigenvalue weighted by Crippen LogP contribution is -2.43. The molecule has 3 nitrogen and oxygen atoms in total. The first kappa shape index (κ1) is 17.0. The molecule has 3 rings (SSSR count). The molecule has 3 atom stereocenters. The Balaban J connectivity index is 2.22. The van der Waals surface area contributed by atoms with Gasteiger partial charge in [-0.15, -0.1) is 0 Å². The van der Waals surface area contributed by atoms with Crippen molar-refractivity contribution in [1.82, 2.24) is 0 Å². The molecule has 1 fully saturated rings. The third-order valence-electron chi connectivity index (χ3n) is 6.34. The smallest absolute Gasteiger partial charge is 0.282 e. The van der Waals surface area contributed by atoms with E-state index in [-0.39, 0.29) is 16.2 Å². The summed E-state index contributed by atoms with van der Waals surface area (Å²) >= 11 is 0. The first-order valence-electron chi connectivity index (χ1n) is 8.79. The molecular weight excluding hydrogens is 308 g/mol. The van der Waals surface area contributed by atoms with Gasteiger partial charge in [-0.1, -0.05) is 46.6 Å². The normalized spacial score (nSPS) is 30.9. The average Bonchev–Trinajstić information content (AvgIpc) is 2.44. The average molecular weight is 336 g/mol. The fourth-order valence-electron chi connectivity index (χ4n) is 5.11. The van der Waals surface area contributed by atoms with Crippen molar-refractivity contribution in [3.05, 3.63) is 28.8 Å². The van der Waals surface area contributed by atoms with Gasteiger partial charge in [-0.3, -0.25) is 4.55 Å². The number of rotatable bonds is 2. The molecule has 23 heavy (non-hydrogen) atoms. The highest BCUT2D eigenvalue weighted by molar-refractivity contribution is 7.85. The quantitative estimate of drug-likeness (QED) is 0.797. The van der Waals surface area contributed by atoms with Crippen LogP contribution in [0.25, 0.3) is 0 Å². The van der Waals surface area contributed by atoms with Crippen molar-refractivity contribution in [2.75, 3.05) is 0 Å². The number of fused-ring (bicyclic) bond motifs is 3. The van der Waals surface area contributed by atoms with E-state index in [0.29, 0.717) is 11.8 Å². The van der Waals surface area contributed by atoms with Crippen LogP contribution in [0, 0.1) is 11.8 Å². The van der Waals surface area contributed by atoms with Gasteiger partial charge in [0.1, 0.15) is 0 Å². The summed E-state index contributed by atoms with van der Waals surface area (Å²) in [6, 6.07) is 3.84. The fraction of sp³-hybridized carbons (Fsp3) is 0.684. The molecule has 2 aliphatic carbocycles. The molecule has 1 aromatic rings. The second-order valence-electron chi connectivity index (χ2n) is 8.11. The van der Waals surface area contributed by atoms with Crippen LogP contribution in [0.3, 0.4) is 0 Å². The maximum atomic E-state index is 11.9. The van der Waals surface area contributed by atoms with E-state index in [9.17, 15) is 13.0 Å². The summed E-state index contributed by atoms with van der Waals surface area (Å²) in [7, 11) is -4.19. The predicted molar refractivity (Wildman–Crippen MR) is 92.5 cm³/mol. The fourth-order valence-corrected chi connectivity index (χ4v) is 5.97. The van der Waals surface area contributed by atoms with Crippen molar-refractivity contribution in [3.8, 4) is 0 Å². The van der Waals surface area contributed by atoms with Crippen LogP contribution in [0.4, 0.5) is 0 Å². The molecule has 0 amide bonds. The monoisotopic (exact) mass is 336 g/mol. The highest BCUT2D eigenvalue weighted by Gasteiger charge is 2.45. The van der Waals surface area contributed by atoms with E-state index < -0.39 is 10.1 Å². The number of benzene rings is 1. The summed E-state index contributed by atoms with van der Waals surface area (Å²) in [6.45, 7) is 8.59. The molecule has 1 unspecified atom stereocenters. The molecule has 128 valence electrons. The standard InChI is InChI=1S/C19H28O3S/c1-12(2)15-10-14-7-8-16-13(3)6-5-9-19(16,4)17(14)11-18(15)23(20,21)22/h10-13,16H,5-9H2,1-4H3,(H,20,21,22)/t13-,16?,19-/m0/s1. The molecule has 1 N–H and O–H groups in total. The molecule has 0 radical (unpaired) electrons. The minimum absolute atomic E-state index is 0.0419. The Bertz CT molecular complexity index is 720. The van der Waals surface area contributed by atoms with Crippen LogP contribution in [0.15, 0.2) is 17.0 Å². The molecule has 0 bridgehead atoms. The van der Waals surface area contributed by atoms with Gasteiger partial charge in [0.2, 0.25) is 0 Å². The lowest BCUT2D eigenvalue weighted by molar-refractivity contribution is 0.117. The zero-order valence-corrected chi connectivity index (χ0v) is 15.4. The minimum atomic E-state index is -4.19. The zero-order valence-electron chi connectivity index (χ0n) is 14.6. The van der Waals surface area contributed by atoms with Crippen LogP contribution in [-0.4, -0.2) is 13.0 Å². The molecule has 0 saturated heterocycles. The molecular formula is C19H28O3S. The van der Waals surface area contributed by atoms with Crippen LogP contribution < -0.4 is 0 Å². The summed E-state index contributed by atoms with van der Waals surface area (Å²) < 4.78 is 33.6. The van der Waals surface area contributed by atoms with Crippen molar-refractivity contribution >= 4 is 10.1 Å². The maximum Gasteiger partial charge on any atom is 0.294 e. The maximum absolute atomic E-state index is 11.9. The van der Waals surface area contributed by atoms with Crippen LogP contribution >= 0.6 is 0 Å². The molecule has 0 aliphatic heterocycles. The van der Waals surface area contributed by atoms with Crippen LogP contribution in [-0.2, 0) is 22.0 Å². The molecule has 4 heteroatoms. The Morgan fingerprint density at radius 3 is 2.57 bits per heavy atom. The second-order valence-corrected chi connectivity index (χ2v) is 9.50. The van der Waals surface area contributed by atoms with Gasteiger partial charge in [-0.2, -0.15) is 8.42 Å². The lowest BCUT2D eigenvalue weighted by Gasteiger charge is -2.50. The van der Waals surface area contributed by atoms with Crippen molar-refractivity contribution in [2.24, 2.45) is 11.8 Å². The van der Waals surface area contributed by atoms with E-state index in [0.717, 1.165) is 24.0 Å². The second kappa shape index (κ2) is 5.59. The number of aryl methyl sites for hydroxylation is 1. The van der Waals surface area contributed by atoms with E-state index >= 15 is 0 Å². The van der Waals surface area contributed by atoms with Crippen molar-refractivity contribution < 1.29 is 13.0 Å². The minimum Gasteiger partial charge on any atom is -0.282 e. The summed E-state index contributed by atoms with van der Waals surface area (Å²) in [5.41, 5.74) is 3.24. The molecule has 0 aromatic heterocycles. The Morgan fingerprint density at radius 2 is 1.96 bits per heavy atom.